The van der Waals surface area contributed by atoms with Crippen LogP contribution < -0.4 is 4.90 Å². The molecule has 0 aliphatic carbocycles. The summed E-state index contributed by atoms with van der Waals surface area (Å²) in [5.74, 6) is -0.990. The number of carbonyl (C=O) groups is 1. The van der Waals surface area contributed by atoms with Crippen molar-refractivity contribution in [2.75, 3.05) is 24.2 Å². The predicted octanol–water partition coefficient (Wildman–Crippen LogP) is 1.00. The van der Waals surface area contributed by atoms with Gasteiger partial charge in [0.25, 0.3) is 0 Å². The molecular weight excluding hydrogens is 292 g/mol. The van der Waals surface area contributed by atoms with Gasteiger partial charge in [-0.2, -0.15) is 4.31 Å². The number of aliphatic carboxylic acids is 1. The Hall–Kier alpha value is -1.60. The number of hydrogen-bond acceptors (Lipinski definition) is 4. The number of carboxylic acid groups (broad SMARTS) is 1. The fraction of sp³-hybridized carbons (Fsp3) is 0.500. The number of rotatable bonds is 4. The molecule has 21 heavy (non-hydrogen) atoms. The monoisotopic (exact) mass is 312 g/mol. The second-order valence-corrected chi connectivity index (χ2v) is 7.24. The molecule has 2 unspecified atom stereocenters. The van der Waals surface area contributed by atoms with Crippen LogP contribution in [-0.4, -0.2) is 55.2 Å². The minimum Gasteiger partial charge on any atom is -0.481 e. The van der Waals surface area contributed by atoms with Crippen molar-refractivity contribution < 1.29 is 18.3 Å². The molecule has 0 bridgehead atoms. The van der Waals surface area contributed by atoms with E-state index in [9.17, 15) is 13.2 Å². The summed E-state index contributed by atoms with van der Waals surface area (Å²) in [6.45, 7) is 2.72. The van der Waals surface area contributed by atoms with Crippen molar-refractivity contribution in [3.8, 4) is 0 Å². The van der Waals surface area contributed by atoms with Gasteiger partial charge in [-0.25, -0.2) is 8.42 Å². The summed E-state index contributed by atoms with van der Waals surface area (Å²) in [6, 6.07) is 8.87. The molecule has 0 saturated carbocycles. The Labute approximate surface area is 125 Å². The molecule has 0 aromatic heterocycles. The Balaban J connectivity index is 2.31. The van der Waals surface area contributed by atoms with Gasteiger partial charge in [-0.15, -0.1) is 0 Å². The first-order valence-corrected chi connectivity index (χ1v) is 8.66. The topological polar surface area (TPSA) is 77.9 Å². The molecule has 1 saturated heterocycles. The molecule has 6 nitrogen and oxygen atoms in total. The molecule has 1 aromatic carbocycles. The van der Waals surface area contributed by atoms with E-state index in [-0.39, 0.29) is 12.5 Å². The molecule has 1 fully saturated rings. The van der Waals surface area contributed by atoms with Crippen LogP contribution >= 0.6 is 0 Å². The van der Waals surface area contributed by atoms with Gasteiger partial charge in [0.15, 0.2) is 0 Å². The number of piperazine rings is 1. The zero-order chi connectivity index (χ0) is 15.6. The molecule has 0 amide bonds. The molecule has 1 aliphatic rings. The molecule has 2 atom stereocenters. The van der Waals surface area contributed by atoms with Crippen molar-refractivity contribution in [3.05, 3.63) is 30.3 Å². The zero-order valence-corrected chi connectivity index (χ0v) is 13.0. The van der Waals surface area contributed by atoms with Gasteiger partial charge >= 0.3 is 5.97 Å². The number of hydrogen-bond donors (Lipinski definition) is 1. The molecular formula is C14H20N2O4S. The van der Waals surface area contributed by atoms with E-state index in [1.807, 2.05) is 37.3 Å². The van der Waals surface area contributed by atoms with Crippen LogP contribution in [0.25, 0.3) is 0 Å². The molecule has 1 aromatic rings. The molecule has 1 N–H and O–H groups in total. The van der Waals surface area contributed by atoms with Crippen molar-refractivity contribution in [1.29, 1.82) is 0 Å². The predicted molar refractivity (Wildman–Crippen MR) is 80.8 cm³/mol. The lowest BCUT2D eigenvalue weighted by Crippen LogP contribution is -2.60. The zero-order valence-electron chi connectivity index (χ0n) is 12.1. The highest BCUT2D eigenvalue weighted by atomic mass is 32.2. The normalized spacial score (nSPS) is 24.0. The number of anilines is 1. The highest BCUT2D eigenvalue weighted by Gasteiger charge is 2.39. The van der Waals surface area contributed by atoms with Gasteiger partial charge in [0.2, 0.25) is 10.0 Å². The average molecular weight is 312 g/mol. The van der Waals surface area contributed by atoms with E-state index >= 15 is 0 Å². The van der Waals surface area contributed by atoms with Gasteiger partial charge in [0, 0.05) is 24.8 Å². The van der Waals surface area contributed by atoms with E-state index in [4.69, 9.17) is 5.11 Å². The minimum atomic E-state index is -3.42. The summed E-state index contributed by atoms with van der Waals surface area (Å²) >= 11 is 0. The van der Waals surface area contributed by atoms with E-state index in [0.29, 0.717) is 13.1 Å². The van der Waals surface area contributed by atoms with Crippen LogP contribution in [0.3, 0.4) is 0 Å². The quantitative estimate of drug-likeness (QED) is 0.897. The van der Waals surface area contributed by atoms with E-state index in [2.05, 4.69) is 4.90 Å². The number of nitrogens with zero attached hydrogens (tertiary/aromatic N) is 2. The van der Waals surface area contributed by atoms with E-state index in [0.717, 1.165) is 11.9 Å². The van der Waals surface area contributed by atoms with Crippen LogP contribution in [0.4, 0.5) is 5.69 Å². The SMILES string of the molecule is CC1C(CC(=O)O)N(S(C)(=O)=O)CCN1c1ccccc1. The number of sulfonamides is 1. The summed E-state index contributed by atoms with van der Waals surface area (Å²) < 4.78 is 25.1. The van der Waals surface area contributed by atoms with Gasteiger partial charge in [-0.1, -0.05) is 18.2 Å². The molecule has 2 rings (SSSR count). The molecule has 0 spiro atoms. The van der Waals surface area contributed by atoms with Crippen LogP contribution in [0.1, 0.15) is 13.3 Å². The lowest BCUT2D eigenvalue weighted by molar-refractivity contribution is -0.138. The van der Waals surface area contributed by atoms with Crippen LogP contribution in [0.2, 0.25) is 0 Å². The lowest BCUT2D eigenvalue weighted by Gasteiger charge is -2.45. The Morgan fingerprint density at radius 1 is 1.29 bits per heavy atom. The lowest BCUT2D eigenvalue weighted by atomic mass is 10.0. The molecule has 7 heteroatoms. The molecule has 1 heterocycles. The van der Waals surface area contributed by atoms with Crippen molar-refractivity contribution in [1.82, 2.24) is 4.31 Å². The van der Waals surface area contributed by atoms with Crippen molar-refractivity contribution >= 4 is 21.7 Å². The smallest absolute Gasteiger partial charge is 0.305 e. The fourth-order valence-corrected chi connectivity index (χ4v) is 4.03. The summed E-state index contributed by atoms with van der Waals surface area (Å²) in [6.07, 6.45) is 0.935. The average Bonchev–Trinajstić information content (AvgIpc) is 2.40. The Kier molecular flexibility index (Phi) is 4.53. The molecule has 1 aliphatic heterocycles. The first-order valence-electron chi connectivity index (χ1n) is 6.81. The van der Waals surface area contributed by atoms with E-state index in [1.54, 1.807) is 0 Å². The van der Waals surface area contributed by atoms with Crippen LogP contribution in [0.5, 0.6) is 0 Å². The van der Waals surface area contributed by atoms with Gasteiger partial charge < -0.3 is 10.0 Å². The highest BCUT2D eigenvalue weighted by Crippen LogP contribution is 2.27. The number of carboxylic acids is 1. The third-order valence-electron chi connectivity index (χ3n) is 3.88. The second-order valence-electron chi connectivity index (χ2n) is 5.31. The first kappa shape index (κ1) is 15.8. The Bertz CT molecular complexity index is 603. The molecule has 0 radical (unpaired) electrons. The third kappa shape index (κ3) is 3.54. The van der Waals surface area contributed by atoms with Gasteiger partial charge in [-0.3, -0.25) is 4.79 Å². The number of benzene rings is 1. The summed E-state index contributed by atoms with van der Waals surface area (Å²) in [5, 5.41) is 9.08. The number of para-hydroxylation sites is 1. The summed E-state index contributed by atoms with van der Waals surface area (Å²) in [4.78, 5) is 13.2. The maximum Gasteiger partial charge on any atom is 0.305 e. The second kappa shape index (κ2) is 6.03. The van der Waals surface area contributed by atoms with Gasteiger partial charge in [0.05, 0.1) is 18.7 Å². The van der Waals surface area contributed by atoms with Crippen molar-refractivity contribution in [2.45, 2.75) is 25.4 Å². The maximum atomic E-state index is 11.9. The van der Waals surface area contributed by atoms with E-state index in [1.165, 1.54) is 4.31 Å². The molecule has 116 valence electrons. The van der Waals surface area contributed by atoms with Crippen LogP contribution in [0.15, 0.2) is 30.3 Å². The first-order chi connectivity index (χ1) is 9.80. The van der Waals surface area contributed by atoms with Crippen LogP contribution in [0, 0.1) is 0 Å². The third-order valence-corrected chi connectivity index (χ3v) is 5.18. The summed E-state index contributed by atoms with van der Waals surface area (Å²) in [7, 11) is -3.42. The summed E-state index contributed by atoms with van der Waals surface area (Å²) in [5.41, 5.74) is 0.980. The standard InChI is InChI=1S/C14H20N2O4S/c1-11-13(10-14(17)18)16(21(2,19)20)9-8-15(11)12-6-4-3-5-7-12/h3-7,11,13H,8-10H2,1-2H3,(H,17,18). The van der Waals surface area contributed by atoms with Gasteiger partial charge in [-0.05, 0) is 19.1 Å². The van der Waals surface area contributed by atoms with Gasteiger partial charge in [0.1, 0.15) is 0 Å². The largest absolute Gasteiger partial charge is 0.481 e. The maximum absolute atomic E-state index is 11.9. The highest BCUT2D eigenvalue weighted by molar-refractivity contribution is 7.88. The minimum absolute atomic E-state index is 0.197. The van der Waals surface area contributed by atoms with Crippen molar-refractivity contribution in [2.24, 2.45) is 0 Å². The Morgan fingerprint density at radius 2 is 1.90 bits per heavy atom. The Morgan fingerprint density at radius 3 is 2.43 bits per heavy atom. The van der Waals surface area contributed by atoms with E-state index < -0.39 is 22.0 Å². The van der Waals surface area contributed by atoms with Crippen molar-refractivity contribution in [3.63, 3.8) is 0 Å². The van der Waals surface area contributed by atoms with Crippen LogP contribution in [-0.2, 0) is 14.8 Å². The fourth-order valence-electron chi connectivity index (χ4n) is 2.87.